The summed E-state index contributed by atoms with van der Waals surface area (Å²) < 4.78 is 7.60. The third-order valence-electron chi connectivity index (χ3n) is 3.73. The van der Waals surface area contributed by atoms with Crippen molar-refractivity contribution >= 4 is 0 Å². The summed E-state index contributed by atoms with van der Waals surface area (Å²) in [7, 11) is 3.77. The first-order valence-electron chi connectivity index (χ1n) is 5.82. The van der Waals surface area contributed by atoms with Crippen LogP contribution in [0.3, 0.4) is 0 Å². The van der Waals surface area contributed by atoms with Crippen molar-refractivity contribution in [3.05, 3.63) is 18.2 Å². The van der Waals surface area contributed by atoms with E-state index in [1.807, 2.05) is 19.6 Å². The summed E-state index contributed by atoms with van der Waals surface area (Å²) in [4.78, 5) is 4.27. The van der Waals surface area contributed by atoms with Gasteiger partial charge in [0.15, 0.2) is 0 Å². The topological polar surface area (TPSA) is 39.1 Å². The lowest BCUT2D eigenvalue weighted by atomic mass is 9.88. The van der Waals surface area contributed by atoms with Gasteiger partial charge in [-0.15, -0.1) is 0 Å². The molecular formula is C12H21N3O. The second-order valence-electron chi connectivity index (χ2n) is 5.04. The Morgan fingerprint density at radius 3 is 2.75 bits per heavy atom. The summed E-state index contributed by atoms with van der Waals surface area (Å²) in [5.74, 6) is 0. The molecule has 0 bridgehead atoms. The number of rotatable bonds is 4. The lowest BCUT2D eigenvalue weighted by molar-refractivity contribution is 0.00449. The molecular weight excluding hydrogens is 202 g/mol. The van der Waals surface area contributed by atoms with Gasteiger partial charge in [0.05, 0.1) is 29.9 Å². The molecule has 16 heavy (non-hydrogen) atoms. The van der Waals surface area contributed by atoms with Crippen molar-refractivity contribution in [3.63, 3.8) is 0 Å². The number of nitrogens with zero attached hydrogens (tertiary/aromatic N) is 2. The molecule has 1 aromatic rings. The van der Waals surface area contributed by atoms with Gasteiger partial charge in [0.25, 0.3) is 0 Å². The zero-order valence-corrected chi connectivity index (χ0v) is 10.5. The molecule has 0 amide bonds. The van der Waals surface area contributed by atoms with E-state index in [0.29, 0.717) is 12.1 Å². The molecule has 0 unspecified atom stereocenters. The molecule has 1 heterocycles. The highest BCUT2D eigenvalue weighted by Gasteiger charge is 2.34. The van der Waals surface area contributed by atoms with Crippen molar-refractivity contribution in [2.75, 3.05) is 14.2 Å². The molecule has 1 saturated carbocycles. The Labute approximate surface area is 97.0 Å². The predicted molar refractivity (Wildman–Crippen MR) is 63.4 cm³/mol. The SMILES string of the molecule is CNC(C)(C)c1cncn1C1CC(OC)C1. The molecule has 1 aromatic heterocycles. The van der Waals surface area contributed by atoms with E-state index in [9.17, 15) is 0 Å². The number of aromatic nitrogens is 2. The first-order chi connectivity index (χ1) is 7.58. The van der Waals surface area contributed by atoms with Gasteiger partial charge in [-0.3, -0.25) is 0 Å². The molecule has 2 rings (SSSR count). The minimum absolute atomic E-state index is 0.0331. The molecule has 0 aromatic carbocycles. The fourth-order valence-corrected chi connectivity index (χ4v) is 2.17. The highest BCUT2D eigenvalue weighted by Crippen LogP contribution is 2.36. The highest BCUT2D eigenvalue weighted by molar-refractivity contribution is 5.13. The molecule has 4 heteroatoms. The molecule has 0 saturated heterocycles. The Bertz CT molecular complexity index is 353. The van der Waals surface area contributed by atoms with Crippen LogP contribution in [-0.2, 0) is 10.3 Å². The summed E-state index contributed by atoms with van der Waals surface area (Å²) in [6.45, 7) is 4.35. The summed E-state index contributed by atoms with van der Waals surface area (Å²) >= 11 is 0. The van der Waals surface area contributed by atoms with Crippen molar-refractivity contribution in [2.24, 2.45) is 0 Å². The van der Waals surface area contributed by atoms with Crippen LogP contribution in [0.25, 0.3) is 0 Å². The fourth-order valence-electron chi connectivity index (χ4n) is 2.17. The standard InChI is InChI=1S/C12H21N3O/c1-12(2,13-3)11-7-14-8-15(11)9-5-10(6-9)16-4/h7-10,13H,5-6H2,1-4H3. The van der Waals surface area contributed by atoms with Gasteiger partial charge in [0, 0.05) is 13.2 Å². The number of imidazole rings is 1. The third kappa shape index (κ3) is 1.87. The number of ether oxygens (including phenoxy) is 1. The van der Waals surface area contributed by atoms with Crippen LogP contribution in [-0.4, -0.2) is 29.8 Å². The van der Waals surface area contributed by atoms with Crippen molar-refractivity contribution in [2.45, 2.75) is 44.4 Å². The maximum Gasteiger partial charge on any atom is 0.0951 e. The van der Waals surface area contributed by atoms with Crippen LogP contribution in [0.15, 0.2) is 12.5 Å². The monoisotopic (exact) mass is 223 g/mol. The lowest BCUT2D eigenvalue weighted by Gasteiger charge is -2.38. The Balaban J connectivity index is 2.15. The largest absolute Gasteiger partial charge is 0.381 e. The molecule has 4 nitrogen and oxygen atoms in total. The molecule has 1 aliphatic carbocycles. The van der Waals surface area contributed by atoms with Gasteiger partial charge >= 0.3 is 0 Å². The van der Waals surface area contributed by atoms with Gasteiger partial charge in [-0.25, -0.2) is 4.98 Å². The summed E-state index contributed by atoms with van der Waals surface area (Å²) in [5.41, 5.74) is 1.21. The van der Waals surface area contributed by atoms with Crippen LogP contribution in [0, 0.1) is 0 Å². The Morgan fingerprint density at radius 1 is 1.50 bits per heavy atom. The van der Waals surface area contributed by atoms with Gasteiger partial charge in [-0.1, -0.05) is 0 Å². The molecule has 0 radical (unpaired) electrons. The van der Waals surface area contributed by atoms with Gasteiger partial charge in [-0.05, 0) is 33.7 Å². The maximum absolute atomic E-state index is 5.32. The van der Waals surface area contributed by atoms with E-state index in [-0.39, 0.29) is 5.54 Å². The minimum atomic E-state index is -0.0331. The smallest absolute Gasteiger partial charge is 0.0951 e. The van der Waals surface area contributed by atoms with Crippen molar-refractivity contribution in [3.8, 4) is 0 Å². The van der Waals surface area contributed by atoms with E-state index in [1.54, 1.807) is 7.11 Å². The quantitative estimate of drug-likeness (QED) is 0.844. The number of nitrogens with one attached hydrogen (secondary N) is 1. The fraction of sp³-hybridized carbons (Fsp3) is 0.750. The van der Waals surface area contributed by atoms with Crippen LogP contribution in [0.5, 0.6) is 0 Å². The average molecular weight is 223 g/mol. The van der Waals surface area contributed by atoms with Gasteiger partial charge in [-0.2, -0.15) is 0 Å². The van der Waals surface area contributed by atoms with Gasteiger partial charge in [0.2, 0.25) is 0 Å². The molecule has 0 spiro atoms. The second kappa shape index (κ2) is 4.18. The molecule has 90 valence electrons. The predicted octanol–water partition coefficient (Wildman–Crippen LogP) is 1.69. The molecule has 1 N–H and O–H groups in total. The Kier molecular flexibility index (Phi) is 3.04. The van der Waals surface area contributed by atoms with Crippen LogP contribution in [0.1, 0.15) is 38.4 Å². The lowest BCUT2D eigenvalue weighted by Crippen LogP contribution is -2.39. The van der Waals surface area contributed by atoms with Crippen LogP contribution >= 0.6 is 0 Å². The van der Waals surface area contributed by atoms with Crippen LogP contribution in [0.4, 0.5) is 0 Å². The molecule has 0 aliphatic heterocycles. The third-order valence-corrected chi connectivity index (χ3v) is 3.73. The maximum atomic E-state index is 5.32. The zero-order chi connectivity index (χ0) is 11.8. The number of hydrogen-bond acceptors (Lipinski definition) is 3. The van der Waals surface area contributed by atoms with Gasteiger partial charge in [0.1, 0.15) is 0 Å². The van der Waals surface area contributed by atoms with Crippen molar-refractivity contribution < 1.29 is 4.74 Å². The molecule has 0 atom stereocenters. The first kappa shape index (κ1) is 11.6. The van der Waals surface area contributed by atoms with E-state index < -0.39 is 0 Å². The van der Waals surface area contributed by atoms with E-state index in [2.05, 4.69) is 28.7 Å². The molecule has 1 fully saturated rings. The average Bonchev–Trinajstić information content (AvgIpc) is 2.66. The summed E-state index contributed by atoms with van der Waals surface area (Å²) in [6.07, 6.45) is 6.51. The van der Waals surface area contributed by atoms with E-state index in [4.69, 9.17) is 4.74 Å². The summed E-state index contributed by atoms with van der Waals surface area (Å²) in [5, 5.41) is 3.32. The number of hydrogen-bond donors (Lipinski definition) is 1. The summed E-state index contributed by atoms with van der Waals surface area (Å²) in [6, 6.07) is 0.551. The van der Waals surface area contributed by atoms with Gasteiger partial charge < -0.3 is 14.6 Å². The van der Waals surface area contributed by atoms with Crippen molar-refractivity contribution in [1.82, 2.24) is 14.9 Å². The normalized spacial score (nSPS) is 25.5. The number of methoxy groups -OCH3 is 1. The van der Waals surface area contributed by atoms with Crippen LogP contribution in [0.2, 0.25) is 0 Å². The van der Waals surface area contributed by atoms with E-state index >= 15 is 0 Å². The van der Waals surface area contributed by atoms with Crippen LogP contribution < -0.4 is 5.32 Å². The first-order valence-corrected chi connectivity index (χ1v) is 5.82. The van der Waals surface area contributed by atoms with E-state index in [0.717, 1.165) is 12.8 Å². The van der Waals surface area contributed by atoms with E-state index in [1.165, 1.54) is 5.69 Å². The second-order valence-corrected chi connectivity index (χ2v) is 5.04. The minimum Gasteiger partial charge on any atom is -0.381 e. The zero-order valence-electron chi connectivity index (χ0n) is 10.5. The van der Waals surface area contributed by atoms with Crippen molar-refractivity contribution in [1.29, 1.82) is 0 Å². The highest BCUT2D eigenvalue weighted by atomic mass is 16.5. The Morgan fingerprint density at radius 2 is 2.19 bits per heavy atom. The molecule has 1 aliphatic rings. The Hall–Kier alpha value is -0.870.